The van der Waals surface area contributed by atoms with Gasteiger partial charge >= 0.3 is 0 Å². The van der Waals surface area contributed by atoms with Gasteiger partial charge < -0.3 is 21.3 Å². The third kappa shape index (κ3) is 5.86. The van der Waals surface area contributed by atoms with Gasteiger partial charge in [0.05, 0.1) is 18.0 Å². The van der Waals surface area contributed by atoms with E-state index in [1.165, 1.54) is 0 Å². The van der Waals surface area contributed by atoms with Crippen LogP contribution >= 0.6 is 11.6 Å². The Balaban J connectivity index is 1.13. The minimum absolute atomic E-state index is 0.0173. The summed E-state index contributed by atoms with van der Waals surface area (Å²) in [7, 11) is 0. The maximum absolute atomic E-state index is 13.2. The molecule has 5 saturated carbocycles. The Morgan fingerprint density at radius 2 is 1.85 bits per heavy atom. The van der Waals surface area contributed by atoms with Gasteiger partial charge in [-0.05, 0) is 101 Å². The van der Waals surface area contributed by atoms with Crippen molar-refractivity contribution in [1.82, 2.24) is 20.6 Å². The van der Waals surface area contributed by atoms with Crippen molar-refractivity contribution in [2.75, 3.05) is 10.6 Å². The predicted octanol–water partition coefficient (Wildman–Crippen LogP) is 5.22. The third-order valence-electron chi connectivity index (χ3n) is 8.78. The third-order valence-corrected chi connectivity index (χ3v) is 9.05. The highest BCUT2D eigenvalue weighted by atomic mass is 35.5. The van der Waals surface area contributed by atoms with E-state index in [-0.39, 0.29) is 22.9 Å². The fourth-order valence-electron chi connectivity index (χ4n) is 7.33. The summed E-state index contributed by atoms with van der Waals surface area (Å²) in [5.74, 6) is 2.88. The molecule has 0 saturated heterocycles. The Kier molecular flexibility index (Phi) is 6.72. The lowest BCUT2D eigenvalue weighted by Gasteiger charge is -2.59. The molecule has 0 aliphatic heterocycles. The van der Waals surface area contributed by atoms with Crippen molar-refractivity contribution >= 4 is 40.9 Å². The second-order valence-electron chi connectivity index (χ2n) is 13.4. The Morgan fingerprint density at radius 3 is 2.54 bits per heavy atom. The molecule has 2 unspecified atom stereocenters. The highest BCUT2D eigenvalue weighted by Gasteiger charge is 2.58. The van der Waals surface area contributed by atoms with E-state index in [9.17, 15) is 9.59 Å². The normalized spacial score (nSPS) is 29.1. The van der Waals surface area contributed by atoms with E-state index in [4.69, 9.17) is 16.6 Å². The molecule has 1 aromatic heterocycles. The van der Waals surface area contributed by atoms with E-state index in [1.807, 2.05) is 45.0 Å². The maximum Gasteiger partial charge on any atom is 0.229 e. The zero-order chi connectivity index (χ0) is 27.4. The monoisotopic (exact) mass is 550 g/mol. The average molecular weight is 551 g/mol. The highest BCUT2D eigenvalue weighted by Crippen LogP contribution is 2.60. The molecular formula is C30H39ClN6O2. The molecule has 5 aliphatic carbocycles. The van der Waals surface area contributed by atoms with Crippen molar-refractivity contribution in [3.05, 3.63) is 41.0 Å². The van der Waals surface area contributed by atoms with Crippen LogP contribution in [0.25, 0.3) is 0 Å². The molecular weight excluding hydrogens is 512 g/mol. The standard InChI is InChI=1S/C30H39ClN6O2/c1-29(2,3)37-24(38)12-17-5-4-6-22(11-17)34-28-32-16-23(31)26(36-28)35-25-19-9-18-10-20(25)15-30(13-18,14-19)27(39)33-21-7-8-21/h4-6,11,16,18-21,25H,7-10,12-15H2,1-3H3,(H,33,39)(H,37,38)(H2,32,34,35,36). The first-order valence-electron chi connectivity index (χ1n) is 14.3. The van der Waals surface area contributed by atoms with E-state index in [2.05, 4.69) is 26.3 Å². The molecule has 4 bridgehead atoms. The van der Waals surface area contributed by atoms with E-state index in [1.54, 1.807) is 6.20 Å². The van der Waals surface area contributed by atoms with E-state index in [0.29, 0.717) is 52.9 Å². The first kappa shape index (κ1) is 26.4. The Morgan fingerprint density at radius 1 is 1.10 bits per heavy atom. The largest absolute Gasteiger partial charge is 0.365 e. The predicted molar refractivity (Wildman–Crippen MR) is 153 cm³/mol. The number of nitrogens with one attached hydrogen (secondary N) is 4. The van der Waals surface area contributed by atoms with Gasteiger partial charge in [-0.15, -0.1) is 0 Å². The van der Waals surface area contributed by atoms with Gasteiger partial charge in [-0.2, -0.15) is 4.98 Å². The molecule has 208 valence electrons. The van der Waals surface area contributed by atoms with Crippen LogP contribution in [0.15, 0.2) is 30.5 Å². The summed E-state index contributed by atoms with van der Waals surface area (Å²) in [4.78, 5) is 34.7. The Labute approximate surface area is 235 Å². The fourth-order valence-corrected chi connectivity index (χ4v) is 7.47. The molecule has 1 aromatic carbocycles. The number of amides is 2. The molecule has 7 rings (SSSR count). The molecule has 0 spiro atoms. The number of hydrogen-bond donors (Lipinski definition) is 4. The first-order valence-corrected chi connectivity index (χ1v) is 14.7. The Hall–Kier alpha value is -2.87. The second-order valence-corrected chi connectivity index (χ2v) is 13.8. The van der Waals surface area contributed by atoms with Gasteiger partial charge in [0.25, 0.3) is 0 Å². The number of halogens is 1. The first-order chi connectivity index (χ1) is 18.5. The average Bonchev–Trinajstić information content (AvgIpc) is 3.66. The summed E-state index contributed by atoms with van der Waals surface area (Å²) in [5.41, 5.74) is 1.26. The minimum Gasteiger partial charge on any atom is -0.365 e. The van der Waals surface area contributed by atoms with Crippen LogP contribution in [0.5, 0.6) is 0 Å². The van der Waals surface area contributed by atoms with Gasteiger partial charge in [0.2, 0.25) is 17.8 Å². The maximum atomic E-state index is 13.2. The van der Waals surface area contributed by atoms with Gasteiger partial charge in [-0.25, -0.2) is 4.98 Å². The Bertz CT molecular complexity index is 1260. The van der Waals surface area contributed by atoms with Crippen molar-refractivity contribution in [2.24, 2.45) is 23.2 Å². The molecule has 2 aromatic rings. The molecule has 9 heteroatoms. The molecule has 5 fully saturated rings. The zero-order valence-electron chi connectivity index (χ0n) is 23.0. The second kappa shape index (κ2) is 9.95. The van der Waals surface area contributed by atoms with E-state index < -0.39 is 0 Å². The lowest BCUT2D eigenvalue weighted by molar-refractivity contribution is -0.147. The molecule has 1 heterocycles. The van der Waals surface area contributed by atoms with Crippen LogP contribution in [0, 0.1) is 23.2 Å². The lowest BCUT2D eigenvalue weighted by Crippen LogP contribution is -2.60. The van der Waals surface area contributed by atoms with E-state index in [0.717, 1.165) is 56.2 Å². The van der Waals surface area contributed by atoms with Crippen LogP contribution in [-0.4, -0.2) is 39.4 Å². The van der Waals surface area contributed by atoms with Gasteiger partial charge in [-0.3, -0.25) is 9.59 Å². The van der Waals surface area contributed by atoms with Crippen molar-refractivity contribution in [3.8, 4) is 0 Å². The SMILES string of the molecule is CC(C)(C)NC(=O)Cc1cccc(Nc2ncc(Cl)c(NC3C4CC5CC3CC(C(=O)NC3CC3)(C5)C4)n2)c1. The number of carbonyl (C=O) groups excluding carboxylic acids is 2. The molecule has 2 atom stereocenters. The molecule has 2 amide bonds. The molecule has 5 aliphatic rings. The fraction of sp³-hybridized carbons (Fsp3) is 0.600. The van der Waals surface area contributed by atoms with Crippen LogP contribution in [0.1, 0.15) is 71.3 Å². The molecule has 8 nitrogen and oxygen atoms in total. The summed E-state index contributed by atoms with van der Waals surface area (Å²) in [6.07, 6.45) is 9.44. The minimum atomic E-state index is -0.269. The number of hydrogen-bond acceptors (Lipinski definition) is 6. The number of rotatable bonds is 8. The topological polar surface area (TPSA) is 108 Å². The van der Waals surface area contributed by atoms with Crippen molar-refractivity contribution in [2.45, 2.75) is 89.8 Å². The van der Waals surface area contributed by atoms with Crippen LogP contribution < -0.4 is 21.3 Å². The van der Waals surface area contributed by atoms with Crippen LogP contribution in [0.4, 0.5) is 17.5 Å². The van der Waals surface area contributed by atoms with Crippen LogP contribution in [-0.2, 0) is 16.0 Å². The zero-order valence-corrected chi connectivity index (χ0v) is 23.8. The number of carbonyl (C=O) groups is 2. The molecule has 39 heavy (non-hydrogen) atoms. The van der Waals surface area contributed by atoms with Gasteiger partial charge in [0.15, 0.2) is 5.82 Å². The highest BCUT2D eigenvalue weighted by molar-refractivity contribution is 6.32. The van der Waals surface area contributed by atoms with Crippen molar-refractivity contribution in [3.63, 3.8) is 0 Å². The summed E-state index contributed by atoms with van der Waals surface area (Å²) in [6.45, 7) is 5.92. The number of nitrogens with zero attached hydrogens (tertiary/aromatic N) is 2. The number of anilines is 3. The quantitative estimate of drug-likeness (QED) is 0.359. The summed E-state index contributed by atoms with van der Waals surface area (Å²) in [5, 5.41) is 13.8. The summed E-state index contributed by atoms with van der Waals surface area (Å²) < 4.78 is 0. The molecule has 0 radical (unpaired) electrons. The van der Waals surface area contributed by atoms with Crippen LogP contribution in [0.2, 0.25) is 5.02 Å². The van der Waals surface area contributed by atoms with Gasteiger partial charge in [-0.1, -0.05) is 23.7 Å². The van der Waals surface area contributed by atoms with Crippen LogP contribution in [0.3, 0.4) is 0 Å². The van der Waals surface area contributed by atoms with E-state index >= 15 is 0 Å². The van der Waals surface area contributed by atoms with Crippen molar-refractivity contribution < 1.29 is 9.59 Å². The van der Waals surface area contributed by atoms with Crippen molar-refractivity contribution in [1.29, 1.82) is 0 Å². The van der Waals surface area contributed by atoms with Gasteiger partial charge in [0, 0.05) is 23.3 Å². The van der Waals surface area contributed by atoms with Gasteiger partial charge in [0.1, 0.15) is 5.02 Å². The number of benzene rings is 1. The summed E-state index contributed by atoms with van der Waals surface area (Å²) >= 11 is 6.57. The molecule has 4 N–H and O–H groups in total. The summed E-state index contributed by atoms with van der Waals surface area (Å²) in [6, 6.07) is 8.39. The number of aromatic nitrogens is 2. The smallest absolute Gasteiger partial charge is 0.229 e. The lowest BCUT2D eigenvalue weighted by atomic mass is 9.47.